The average Bonchev–Trinajstić information content (AvgIpc) is 2.64. The predicted molar refractivity (Wildman–Crippen MR) is 122 cm³/mol. The van der Waals surface area contributed by atoms with Crippen molar-refractivity contribution in [3.63, 3.8) is 0 Å². The highest BCUT2D eigenvalue weighted by atomic mass is 16.5. The van der Waals surface area contributed by atoms with Crippen molar-refractivity contribution >= 4 is 17.7 Å². The van der Waals surface area contributed by atoms with Crippen LogP contribution in [0, 0.1) is 0 Å². The molecule has 0 amide bonds. The number of hydrogen-bond acceptors (Lipinski definition) is 2. The van der Waals surface area contributed by atoms with E-state index in [1.165, 1.54) is 16.2 Å². The molecule has 2 aromatic rings. The first-order chi connectivity index (χ1) is 13.1. The third-order valence-electron chi connectivity index (χ3n) is 5.21. The molecule has 0 heterocycles. The van der Waals surface area contributed by atoms with E-state index in [2.05, 4.69) is 91.8 Å². The van der Waals surface area contributed by atoms with Gasteiger partial charge in [-0.1, -0.05) is 91.8 Å². The summed E-state index contributed by atoms with van der Waals surface area (Å²) in [6.45, 7) is 17.3. The molecule has 0 spiro atoms. The Morgan fingerprint density at radius 3 is 1.39 bits per heavy atom. The van der Waals surface area contributed by atoms with Gasteiger partial charge in [-0.2, -0.15) is 0 Å². The summed E-state index contributed by atoms with van der Waals surface area (Å²) in [6.07, 6.45) is 1.57. The molecule has 0 radical (unpaired) electrons. The van der Waals surface area contributed by atoms with Gasteiger partial charge in [0, 0.05) is 0 Å². The van der Waals surface area contributed by atoms with E-state index in [-0.39, 0.29) is 0 Å². The summed E-state index contributed by atoms with van der Waals surface area (Å²) in [7, 11) is 0. The summed E-state index contributed by atoms with van der Waals surface area (Å²) in [5, 5.41) is 12.2. The van der Waals surface area contributed by atoms with Gasteiger partial charge in [-0.25, -0.2) is 10.1 Å². The van der Waals surface area contributed by atoms with Crippen molar-refractivity contribution in [3.8, 4) is 0 Å². The van der Waals surface area contributed by atoms with Crippen molar-refractivity contribution in [2.75, 3.05) is 5.06 Å². The van der Waals surface area contributed by atoms with Crippen molar-refractivity contribution in [2.45, 2.75) is 79.1 Å². The summed E-state index contributed by atoms with van der Waals surface area (Å²) in [4.78, 5) is 4.78. The van der Waals surface area contributed by atoms with Gasteiger partial charge in [0.25, 0.3) is 0 Å². The molecule has 3 heteroatoms. The highest BCUT2D eigenvalue weighted by Gasteiger charge is 2.18. The SMILES string of the molecule is CC(C)c1cccc(C(C)C)c1N=CN(O)c1c(C(C)C)cccc1C(C)C. The maximum atomic E-state index is 11.0. The Bertz CT molecular complexity index is 767. The van der Waals surface area contributed by atoms with Gasteiger partial charge in [-0.05, 0) is 45.9 Å². The number of nitrogens with zero attached hydrogens (tertiary/aromatic N) is 2. The molecule has 0 aliphatic heterocycles. The normalized spacial score (nSPS) is 12.2. The predicted octanol–water partition coefficient (Wildman–Crippen LogP) is 7.74. The van der Waals surface area contributed by atoms with Gasteiger partial charge in [-0.15, -0.1) is 0 Å². The van der Waals surface area contributed by atoms with Crippen LogP contribution in [-0.2, 0) is 0 Å². The van der Waals surface area contributed by atoms with E-state index in [1.54, 1.807) is 6.34 Å². The van der Waals surface area contributed by atoms with Crippen LogP contribution in [0.5, 0.6) is 0 Å². The van der Waals surface area contributed by atoms with Crippen LogP contribution in [0.3, 0.4) is 0 Å². The molecule has 0 saturated carbocycles. The van der Waals surface area contributed by atoms with E-state index < -0.39 is 0 Å². The first kappa shape index (κ1) is 22.2. The van der Waals surface area contributed by atoms with Crippen molar-refractivity contribution in [1.82, 2.24) is 0 Å². The third-order valence-corrected chi connectivity index (χ3v) is 5.21. The molecule has 2 aromatic carbocycles. The van der Waals surface area contributed by atoms with Crippen molar-refractivity contribution < 1.29 is 5.21 Å². The molecule has 0 saturated heterocycles. The van der Waals surface area contributed by atoms with Crippen LogP contribution >= 0.6 is 0 Å². The zero-order valence-electron chi connectivity index (χ0n) is 18.7. The number of rotatable bonds is 7. The lowest BCUT2D eigenvalue weighted by atomic mass is 9.92. The zero-order chi connectivity index (χ0) is 21.0. The molecule has 0 bridgehead atoms. The van der Waals surface area contributed by atoms with Gasteiger partial charge in [0.15, 0.2) is 0 Å². The van der Waals surface area contributed by atoms with E-state index in [0.29, 0.717) is 23.7 Å². The molecule has 28 heavy (non-hydrogen) atoms. The fraction of sp³-hybridized carbons (Fsp3) is 0.480. The molecule has 0 aliphatic rings. The van der Waals surface area contributed by atoms with E-state index >= 15 is 0 Å². The fourth-order valence-electron chi connectivity index (χ4n) is 3.61. The number of aliphatic imine (C=N–C) groups is 1. The Kier molecular flexibility index (Phi) is 7.42. The van der Waals surface area contributed by atoms with Crippen molar-refractivity contribution in [2.24, 2.45) is 4.99 Å². The lowest BCUT2D eigenvalue weighted by molar-refractivity contribution is 0.314. The number of anilines is 1. The summed E-state index contributed by atoms with van der Waals surface area (Å²) < 4.78 is 0. The molecule has 0 fully saturated rings. The van der Waals surface area contributed by atoms with Crippen LogP contribution < -0.4 is 5.06 Å². The smallest absolute Gasteiger partial charge is 0.122 e. The molecule has 0 unspecified atom stereocenters. The third kappa shape index (κ3) is 4.82. The van der Waals surface area contributed by atoms with E-state index in [0.717, 1.165) is 22.5 Å². The van der Waals surface area contributed by atoms with Gasteiger partial charge in [-0.3, -0.25) is 5.21 Å². The Balaban J connectivity index is 2.55. The second-order valence-corrected chi connectivity index (χ2v) is 8.78. The summed E-state index contributed by atoms with van der Waals surface area (Å²) >= 11 is 0. The van der Waals surface area contributed by atoms with Crippen molar-refractivity contribution in [1.29, 1.82) is 0 Å². The first-order valence-electron chi connectivity index (χ1n) is 10.4. The zero-order valence-corrected chi connectivity index (χ0v) is 18.7. The molecule has 152 valence electrons. The van der Waals surface area contributed by atoms with Gasteiger partial charge < -0.3 is 0 Å². The van der Waals surface area contributed by atoms with Crippen molar-refractivity contribution in [3.05, 3.63) is 58.7 Å². The number of para-hydroxylation sites is 2. The van der Waals surface area contributed by atoms with Gasteiger partial charge >= 0.3 is 0 Å². The molecule has 1 N–H and O–H groups in total. The van der Waals surface area contributed by atoms with Gasteiger partial charge in [0.1, 0.15) is 6.34 Å². The van der Waals surface area contributed by atoms with Crippen LogP contribution in [0.15, 0.2) is 41.4 Å². The second-order valence-electron chi connectivity index (χ2n) is 8.78. The van der Waals surface area contributed by atoms with Crippen LogP contribution in [0.2, 0.25) is 0 Å². The van der Waals surface area contributed by atoms with Crippen LogP contribution in [-0.4, -0.2) is 11.5 Å². The highest BCUT2D eigenvalue weighted by molar-refractivity contribution is 5.83. The molecular formula is C25H36N2O. The standard InChI is InChI=1S/C25H36N2O/c1-16(2)20-11-9-12-21(17(3)4)24(20)26-15-27(28)25-22(18(5)6)13-10-14-23(25)19(7)8/h9-19,28H,1-8H3. The molecular weight excluding hydrogens is 344 g/mol. The van der Waals surface area contributed by atoms with Crippen LogP contribution in [0.4, 0.5) is 11.4 Å². The summed E-state index contributed by atoms with van der Waals surface area (Å²) in [6, 6.07) is 12.6. The topological polar surface area (TPSA) is 35.8 Å². The largest absolute Gasteiger partial charge is 0.283 e. The maximum absolute atomic E-state index is 11.0. The number of benzene rings is 2. The molecule has 2 rings (SSSR count). The quantitative estimate of drug-likeness (QED) is 0.303. The minimum atomic E-state index is 0.311. The first-order valence-corrected chi connectivity index (χ1v) is 10.4. The van der Waals surface area contributed by atoms with Crippen LogP contribution in [0.25, 0.3) is 0 Å². The van der Waals surface area contributed by atoms with E-state index in [4.69, 9.17) is 4.99 Å². The lowest BCUT2D eigenvalue weighted by Crippen LogP contribution is -2.20. The van der Waals surface area contributed by atoms with E-state index in [1.807, 2.05) is 0 Å². The number of hydroxylamine groups is 1. The number of hydrogen-bond donors (Lipinski definition) is 1. The molecule has 3 nitrogen and oxygen atoms in total. The van der Waals surface area contributed by atoms with Gasteiger partial charge in [0.2, 0.25) is 0 Å². The lowest BCUT2D eigenvalue weighted by Gasteiger charge is -2.24. The molecule has 0 aromatic heterocycles. The molecule has 0 aliphatic carbocycles. The van der Waals surface area contributed by atoms with Crippen LogP contribution in [0.1, 0.15) is 101 Å². The second kappa shape index (κ2) is 9.38. The Morgan fingerprint density at radius 1 is 0.679 bits per heavy atom. The van der Waals surface area contributed by atoms with Gasteiger partial charge in [0.05, 0.1) is 11.4 Å². The molecule has 0 atom stereocenters. The summed E-state index contributed by atoms with van der Waals surface area (Å²) in [5.41, 5.74) is 6.49. The Morgan fingerprint density at radius 2 is 1.04 bits per heavy atom. The monoisotopic (exact) mass is 380 g/mol. The Hall–Kier alpha value is -2.13. The average molecular weight is 381 g/mol. The summed E-state index contributed by atoms with van der Waals surface area (Å²) in [5.74, 6) is 1.36. The minimum absolute atomic E-state index is 0.311. The minimum Gasteiger partial charge on any atom is -0.283 e. The highest BCUT2D eigenvalue weighted by Crippen LogP contribution is 2.36. The fourth-order valence-corrected chi connectivity index (χ4v) is 3.61. The Labute approximate surface area is 171 Å². The van der Waals surface area contributed by atoms with E-state index in [9.17, 15) is 5.21 Å². The maximum Gasteiger partial charge on any atom is 0.122 e.